The SMILES string of the molecule is COc1cc(C)c(/C=C2\NC(=O)N(CC(=O)Nc3ccccc3)C2=O)cc1OC. The van der Waals surface area contributed by atoms with Crippen LogP contribution in [0.25, 0.3) is 6.08 Å². The number of carbonyl (C=O) groups excluding carboxylic acids is 3. The lowest BCUT2D eigenvalue weighted by Gasteiger charge is -2.12. The maximum atomic E-state index is 12.6. The predicted octanol–water partition coefficient (Wildman–Crippen LogP) is 2.54. The number of para-hydroxylation sites is 1. The van der Waals surface area contributed by atoms with Gasteiger partial charge in [-0.2, -0.15) is 0 Å². The van der Waals surface area contributed by atoms with Crippen LogP contribution in [0.4, 0.5) is 10.5 Å². The number of hydrogen-bond donors (Lipinski definition) is 2. The normalized spacial score (nSPS) is 14.7. The van der Waals surface area contributed by atoms with Gasteiger partial charge in [0, 0.05) is 5.69 Å². The van der Waals surface area contributed by atoms with Crippen molar-refractivity contribution in [3.63, 3.8) is 0 Å². The third-order valence-corrected chi connectivity index (χ3v) is 4.39. The number of carbonyl (C=O) groups is 3. The first-order valence-electron chi connectivity index (χ1n) is 8.85. The topological polar surface area (TPSA) is 97.0 Å². The van der Waals surface area contributed by atoms with Crippen molar-refractivity contribution in [3.05, 3.63) is 59.3 Å². The van der Waals surface area contributed by atoms with Gasteiger partial charge in [0.15, 0.2) is 11.5 Å². The molecule has 2 aromatic rings. The van der Waals surface area contributed by atoms with Gasteiger partial charge >= 0.3 is 6.03 Å². The molecule has 0 spiro atoms. The molecule has 0 aliphatic carbocycles. The number of ether oxygens (including phenoxy) is 2. The van der Waals surface area contributed by atoms with E-state index in [9.17, 15) is 14.4 Å². The van der Waals surface area contributed by atoms with Crippen molar-refractivity contribution < 1.29 is 23.9 Å². The highest BCUT2D eigenvalue weighted by Gasteiger charge is 2.35. The van der Waals surface area contributed by atoms with E-state index in [1.54, 1.807) is 42.5 Å². The van der Waals surface area contributed by atoms with E-state index in [4.69, 9.17) is 9.47 Å². The van der Waals surface area contributed by atoms with Gasteiger partial charge in [-0.25, -0.2) is 9.69 Å². The zero-order valence-corrected chi connectivity index (χ0v) is 16.3. The third kappa shape index (κ3) is 4.37. The predicted molar refractivity (Wildman–Crippen MR) is 108 cm³/mol. The molecular formula is C21H21N3O5. The summed E-state index contributed by atoms with van der Waals surface area (Å²) < 4.78 is 10.5. The van der Waals surface area contributed by atoms with Gasteiger partial charge in [-0.3, -0.25) is 9.59 Å². The zero-order chi connectivity index (χ0) is 21.0. The van der Waals surface area contributed by atoms with Crippen molar-refractivity contribution in [1.82, 2.24) is 10.2 Å². The molecule has 1 aliphatic rings. The lowest BCUT2D eigenvalue weighted by Crippen LogP contribution is -2.38. The molecule has 150 valence electrons. The standard InChI is InChI=1S/C21H21N3O5/c1-13-9-17(28-2)18(29-3)11-14(13)10-16-20(26)24(21(27)23-16)12-19(25)22-15-7-5-4-6-8-15/h4-11H,12H2,1-3H3,(H,22,25)(H,23,27)/b16-10-. The smallest absolute Gasteiger partial charge is 0.329 e. The van der Waals surface area contributed by atoms with Crippen LogP contribution in [-0.2, 0) is 9.59 Å². The molecule has 29 heavy (non-hydrogen) atoms. The maximum Gasteiger partial charge on any atom is 0.329 e. The first-order valence-corrected chi connectivity index (χ1v) is 8.85. The molecule has 1 fully saturated rings. The van der Waals surface area contributed by atoms with Crippen LogP contribution in [-0.4, -0.2) is 43.5 Å². The minimum absolute atomic E-state index is 0.0813. The van der Waals surface area contributed by atoms with E-state index in [0.717, 1.165) is 10.5 Å². The Hall–Kier alpha value is -3.81. The molecule has 1 aliphatic heterocycles. The molecule has 8 nitrogen and oxygen atoms in total. The van der Waals surface area contributed by atoms with Crippen LogP contribution in [0.15, 0.2) is 48.2 Å². The lowest BCUT2D eigenvalue weighted by molar-refractivity contribution is -0.127. The van der Waals surface area contributed by atoms with Crippen LogP contribution in [0.5, 0.6) is 11.5 Å². The van der Waals surface area contributed by atoms with E-state index in [1.165, 1.54) is 14.2 Å². The molecule has 0 saturated carbocycles. The number of hydrogen-bond acceptors (Lipinski definition) is 5. The summed E-state index contributed by atoms with van der Waals surface area (Å²) in [5.74, 6) is 0.0182. The second kappa shape index (κ2) is 8.47. The van der Waals surface area contributed by atoms with Crippen LogP contribution in [0.2, 0.25) is 0 Å². The summed E-state index contributed by atoms with van der Waals surface area (Å²) in [4.78, 5) is 37.9. The van der Waals surface area contributed by atoms with Gasteiger partial charge in [0.25, 0.3) is 5.91 Å². The summed E-state index contributed by atoms with van der Waals surface area (Å²) in [5, 5.41) is 5.16. The molecule has 4 amide bonds. The van der Waals surface area contributed by atoms with Gasteiger partial charge in [-0.15, -0.1) is 0 Å². The zero-order valence-electron chi connectivity index (χ0n) is 16.3. The Balaban J connectivity index is 1.77. The van der Waals surface area contributed by atoms with Gasteiger partial charge < -0.3 is 20.1 Å². The Labute approximate surface area is 168 Å². The van der Waals surface area contributed by atoms with Gasteiger partial charge in [0.2, 0.25) is 5.91 Å². The number of amides is 4. The molecule has 2 aromatic carbocycles. The van der Waals surface area contributed by atoms with E-state index in [1.807, 2.05) is 13.0 Å². The highest BCUT2D eigenvalue weighted by atomic mass is 16.5. The summed E-state index contributed by atoms with van der Waals surface area (Å²) in [6.45, 7) is 1.46. The number of aryl methyl sites for hydroxylation is 1. The van der Waals surface area contributed by atoms with Crippen LogP contribution in [0, 0.1) is 6.92 Å². The Morgan fingerprint density at radius 3 is 2.41 bits per heavy atom. The van der Waals surface area contributed by atoms with Crippen molar-refractivity contribution >= 4 is 29.6 Å². The molecule has 8 heteroatoms. The van der Waals surface area contributed by atoms with E-state index in [0.29, 0.717) is 22.7 Å². The van der Waals surface area contributed by atoms with E-state index >= 15 is 0 Å². The molecule has 3 rings (SSSR count). The molecular weight excluding hydrogens is 374 g/mol. The fourth-order valence-electron chi connectivity index (χ4n) is 2.89. The molecule has 2 N–H and O–H groups in total. The van der Waals surface area contributed by atoms with E-state index in [-0.39, 0.29) is 12.2 Å². The Morgan fingerprint density at radius 1 is 1.10 bits per heavy atom. The van der Waals surface area contributed by atoms with Crippen LogP contribution >= 0.6 is 0 Å². The fourth-order valence-corrected chi connectivity index (χ4v) is 2.89. The summed E-state index contributed by atoms with van der Waals surface area (Å²) in [5.41, 5.74) is 2.18. The first kappa shape index (κ1) is 19.9. The van der Waals surface area contributed by atoms with Crippen molar-refractivity contribution in [1.29, 1.82) is 0 Å². The number of nitrogens with one attached hydrogen (secondary N) is 2. The molecule has 0 radical (unpaired) electrons. The lowest BCUT2D eigenvalue weighted by atomic mass is 10.1. The number of urea groups is 1. The monoisotopic (exact) mass is 395 g/mol. The van der Waals surface area contributed by atoms with Crippen molar-refractivity contribution in [2.24, 2.45) is 0 Å². The highest BCUT2D eigenvalue weighted by Crippen LogP contribution is 2.31. The average molecular weight is 395 g/mol. The Bertz CT molecular complexity index is 985. The van der Waals surface area contributed by atoms with Crippen molar-refractivity contribution in [2.45, 2.75) is 6.92 Å². The fraction of sp³-hybridized carbons (Fsp3) is 0.190. The average Bonchev–Trinajstić information content (AvgIpc) is 2.97. The van der Waals surface area contributed by atoms with Crippen LogP contribution in [0.1, 0.15) is 11.1 Å². The van der Waals surface area contributed by atoms with Gasteiger partial charge in [0.05, 0.1) is 14.2 Å². The minimum Gasteiger partial charge on any atom is -0.493 e. The quantitative estimate of drug-likeness (QED) is 0.579. The summed E-state index contributed by atoms with van der Waals surface area (Å²) in [6, 6.07) is 11.6. The number of imide groups is 1. The second-order valence-corrected chi connectivity index (χ2v) is 6.36. The van der Waals surface area contributed by atoms with Crippen LogP contribution in [0.3, 0.4) is 0 Å². The summed E-state index contributed by atoms with van der Waals surface area (Å²) >= 11 is 0. The summed E-state index contributed by atoms with van der Waals surface area (Å²) in [6.07, 6.45) is 1.55. The van der Waals surface area contributed by atoms with Crippen LogP contribution < -0.4 is 20.1 Å². The Morgan fingerprint density at radius 2 is 1.76 bits per heavy atom. The van der Waals surface area contributed by atoms with E-state index < -0.39 is 17.8 Å². The second-order valence-electron chi connectivity index (χ2n) is 6.36. The van der Waals surface area contributed by atoms with E-state index in [2.05, 4.69) is 10.6 Å². The van der Waals surface area contributed by atoms with Crippen molar-refractivity contribution in [3.8, 4) is 11.5 Å². The molecule has 0 bridgehead atoms. The van der Waals surface area contributed by atoms with Gasteiger partial charge in [-0.05, 0) is 48.4 Å². The van der Waals surface area contributed by atoms with Crippen molar-refractivity contribution in [2.75, 3.05) is 26.1 Å². The molecule has 1 saturated heterocycles. The molecule has 0 unspecified atom stereocenters. The van der Waals surface area contributed by atoms with Gasteiger partial charge in [-0.1, -0.05) is 18.2 Å². The molecule has 1 heterocycles. The number of methoxy groups -OCH3 is 2. The molecule has 0 atom stereocenters. The largest absolute Gasteiger partial charge is 0.493 e. The number of anilines is 1. The number of nitrogens with zero attached hydrogens (tertiary/aromatic N) is 1. The number of rotatable bonds is 6. The highest BCUT2D eigenvalue weighted by molar-refractivity contribution is 6.16. The number of benzene rings is 2. The third-order valence-electron chi connectivity index (χ3n) is 4.39. The maximum absolute atomic E-state index is 12.6. The molecule has 0 aromatic heterocycles. The van der Waals surface area contributed by atoms with Gasteiger partial charge in [0.1, 0.15) is 12.2 Å². The first-order chi connectivity index (χ1) is 13.9. The Kier molecular flexibility index (Phi) is 5.82. The minimum atomic E-state index is -0.650. The summed E-state index contributed by atoms with van der Waals surface area (Å²) in [7, 11) is 3.05.